The Bertz CT molecular complexity index is 1030. The number of carbonyl (C=O) groups excluding carboxylic acids is 1. The zero-order valence-corrected chi connectivity index (χ0v) is 16.6. The lowest BCUT2D eigenvalue weighted by atomic mass is 10.2. The first kappa shape index (κ1) is 19.8. The lowest BCUT2D eigenvalue weighted by Crippen LogP contribution is -2.32. The Hall–Kier alpha value is -2.48. The molecule has 4 nitrogen and oxygen atoms in total. The van der Waals surface area contributed by atoms with Gasteiger partial charge in [-0.25, -0.2) is 4.98 Å². The van der Waals surface area contributed by atoms with Crippen LogP contribution >= 0.6 is 11.8 Å². The van der Waals surface area contributed by atoms with Gasteiger partial charge < -0.3 is 9.88 Å². The Morgan fingerprint density at radius 2 is 1.97 bits per heavy atom. The minimum atomic E-state index is -4.43. The molecule has 1 saturated carbocycles. The van der Waals surface area contributed by atoms with Crippen LogP contribution in [0, 0.1) is 0 Å². The third-order valence-electron chi connectivity index (χ3n) is 4.80. The minimum Gasteiger partial charge on any atom is -0.352 e. The average molecular weight is 419 g/mol. The number of nitrogens with one attached hydrogen (secondary N) is 1. The fraction of sp³-hybridized carbons (Fsp3) is 0.333. The largest absolute Gasteiger partial charge is 0.416 e. The lowest BCUT2D eigenvalue weighted by molar-refractivity contribution is -0.137. The lowest BCUT2D eigenvalue weighted by Gasteiger charge is -2.13. The van der Waals surface area contributed by atoms with E-state index in [1.807, 2.05) is 34.9 Å². The maximum absolute atomic E-state index is 13.1. The van der Waals surface area contributed by atoms with Gasteiger partial charge in [-0.2, -0.15) is 13.2 Å². The molecule has 0 radical (unpaired) electrons. The molecule has 1 aliphatic rings. The minimum absolute atomic E-state index is 0.0770. The van der Waals surface area contributed by atoms with E-state index in [0.29, 0.717) is 17.2 Å². The van der Waals surface area contributed by atoms with Gasteiger partial charge >= 0.3 is 6.18 Å². The number of rotatable bonds is 6. The Labute approximate surface area is 170 Å². The molecular formula is C21H20F3N3OS. The molecule has 152 valence electrons. The topological polar surface area (TPSA) is 46.9 Å². The summed E-state index contributed by atoms with van der Waals surface area (Å²) in [5.41, 5.74) is 1.15. The molecule has 1 unspecified atom stereocenters. The van der Waals surface area contributed by atoms with Crippen molar-refractivity contribution in [3.05, 3.63) is 59.7 Å². The van der Waals surface area contributed by atoms with Gasteiger partial charge in [-0.05, 0) is 43.5 Å². The third-order valence-corrected chi connectivity index (χ3v) is 5.89. The smallest absolute Gasteiger partial charge is 0.352 e. The van der Waals surface area contributed by atoms with Gasteiger partial charge in [0, 0.05) is 6.04 Å². The molecule has 3 aromatic rings. The molecule has 1 heterocycles. The van der Waals surface area contributed by atoms with Crippen LogP contribution in [0.1, 0.15) is 30.9 Å². The normalized spacial score (nSPS) is 15.4. The molecular weight excluding hydrogens is 399 g/mol. The van der Waals surface area contributed by atoms with E-state index in [-0.39, 0.29) is 17.5 Å². The van der Waals surface area contributed by atoms with Crippen LogP contribution in [-0.4, -0.2) is 26.8 Å². The second kappa shape index (κ2) is 7.74. The monoisotopic (exact) mass is 419 g/mol. The van der Waals surface area contributed by atoms with Crippen molar-refractivity contribution in [3.63, 3.8) is 0 Å². The molecule has 0 bridgehead atoms. The SMILES string of the molecule is CC(Sc1nc2cc(C(F)(F)F)ccc2n1Cc1ccccc1)C(=O)NC1CC1. The first-order valence-electron chi connectivity index (χ1n) is 9.40. The summed E-state index contributed by atoms with van der Waals surface area (Å²) in [5.74, 6) is -0.0770. The van der Waals surface area contributed by atoms with Crippen molar-refractivity contribution in [1.29, 1.82) is 0 Å². The van der Waals surface area contributed by atoms with Crippen molar-refractivity contribution >= 4 is 28.7 Å². The molecule has 0 saturated heterocycles. The molecule has 1 atom stereocenters. The fourth-order valence-corrected chi connectivity index (χ4v) is 3.98. The molecule has 1 fully saturated rings. The number of hydrogen-bond donors (Lipinski definition) is 1. The van der Waals surface area contributed by atoms with E-state index in [1.54, 1.807) is 6.92 Å². The zero-order valence-electron chi connectivity index (χ0n) is 15.7. The van der Waals surface area contributed by atoms with Crippen LogP contribution in [0.2, 0.25) is 0 Å². The van der Waals surface area contributed by atoms with Crippen LogP contribution in [0.5, 0.6) is 0 Å². The number of benzene rings is 2. The van der Waals surface area contributed by atoms with E-state index < -0.39 is 17.0 Å². The molecule has 8 heteroatoms. The van der Waals surface area contributed by atoms with Crippen molar-refractivity contribution in [3.8, 4) is 0 Å². The van der Waals surface area contributed by atoms with Gasteiger partial charge in [-0.1, -0.05) is 42.1 Å². The number of thioether (sulfide) groups is 1. The van der Waals surface area contributed by atoms with E-state index >= 15 is 0 Å². The maximum Gasteiger partial charge on any atom is 0.416 e. The summed E-state index contributed by atoms with van der Waals surface area (Å²) in [6, 6.07) is 13.5. The predicted molar refractivity (Wildman–Crippen MR) is 107 cm³/mol. The van der Waals surface area contributed by atoms with Crippen LogP contribution in [-0.2, 0) is 17.5 Å². The van der Waals surface area contributed by atoms with Crippen LogP contribution in [0.25, 0.3) is 11.0 Å². The molecule has 1 amide bonds. The highest BCUT2D eigenvalue weighted by Crippen LogP contribution is 2.34. The van der Waals surface area contributed by atoms with Gasteiger partial charge in [0.15, 0.2) is 5.16 Å². The highest BCUT2D eigenvalue weighted by molar-refractivity contribution is 8.00. The highest BCUT2D eigenvalue weighted by atomic mass is 32.2. The van der Waals surface area contributed by atoms with E-state index in [9.17, 15) is 18.0 Å². The van der Waals surface area contributed by atoms with Crippen LogP contribution < -0.4 is 5.32 Å². The maximum atomic E-state index is 13.1. The van der Waals surface area contributed by atoms with Crippen LogP contribution in [0.4, 0.5) is 13.2 Å². The van der Waals surface area contributed by atoms with Crippen molar-refractivity contribution in [2.45, 2.75) is 48.9 Å². The molecule has 29 heavy (non-hydrogen) atoms. The second-order valence-electron chi connectivity index (χ2n) is 7.21. The molecule has 0 spiro atoms. The Morgan fingerprint density at radius 3 is 2.62 bits per heavy atom. The highest BCUT2D eigenvalue weighted by Gasteiger charge is 2.31. The molecule has 1 aromatic heterocycles. The number of carbonyl (C=O) groups is 1. The fourth-order valence-electron chi connectivity index (χ4n) is 3.05. The zero-order chi connectivity index (χ0) is 20.6. The van der Waals surface area contributed by atoms with Gasteiger partial charge in [0.2, 0.25) is 5.91 Å². The number of fused-ring (bicyclic) bond motifs is 1. The van der Waals surface area contributed by atoms with Gasteiger partial charge in [-0.3, -0.25) is 4.79 Å². The van der Waals surface area contributed by atoms with Crippen molar-refractivity contribution in [1.82, 2.24) is 14.9 Å². The predicted octanol–water partition coefficient (Wildman–Crippen LogP) is 4.86. The second-order valence-corrected chi connectivity index (χ2v) is 8.52. The van der Waals surface area contributed by atoms with Crippen LogP contribution in [0.3, 0.4) is 0 Å². The summed E-state index contributed by atoms with van der Waals surface area (Å²) >= 11 is 1.26. The Kier molecular flexibility index (Phi) is 5.29. The Balaban J connectivity index is 1.69. The standard InChI is InChI=1S/C21H20F3N3OS/c1-13(19(28)25-16-8-9-16)29-20-26-17-11-15(21(22,23)24)7-10-18(17)27(20)12-14-5-3-2-4-6-14/h2-7,10-11,13,16H,8-9,12H2,1H3,(H,25,28). The van der Waals surface area contributed by atoms with E-state index in [4.69, 9.17) is 0 Å². The van der Waals surface area contributed by atoms with Gasteiger partial charge in [-0.15, -0.1) is 0 Å². The first-order chi connectivity index (χ1) is 13.8. The van der Waals surface area contributed by atoms with Crippen molar-refractivity contribution < 1.29 is 18.0 Å². The first-order valence-corrected chi connectivity index (χ1v) is 10.3. The molecule has 0 aliphatic heterocycles. The van der Waals surface area contributed by atoms with Gasteiger partial charge in [0.1, 0.15) is 0 Å². The van der Waals surface area contributed by atoms with E-state index in [1.165, 1.54) is 17.8 Å². The number of nitrogens with zero attached hydrogens (tertiary/aromatic N) is 2. The summed E-state index contributed by atoms with van der Waals surface area (Å²) in [4.78, 5) is 16.8. The third kappa shape index (κ3) is 4.58. The Morgan fingerprint density at radius 1 is 1.24 bits per heavy atom. The van der Waals surface area contributed by atoms with Crippen molar-refractivity contribution in [2.24, 2.45) is 0 Å². The number of aromatic nitrogens is 2. The number of amides is 1. The summed E-state index contributed by atoms with van der Waals surface area (Å²) in [6.07, 6.45) is -2.44. The number of alkyl halides is 3. The van der Waals surface area contributed by atoms with Gasteiger partial charge in [0.25, 0.3) is 0 Å². The average Bonchev–Trinajstić information content (AvgIpc) is 3.43. The summed E-state index contributed by atoms with van der Waals surface area (Å²) in [5, 5.41) is 3.09. The van der Waals surface area contributed by atoms with E-state index in [2.05, 4.69) is 10.3 Å². The molecule has 1 N–H and O–H groups in total. The molecule has 1 aliphatic carbocycles. The number of halogens is 3. The van der Waals surface area contributed by atoms with Crippen LogP contribution in [0.15, 0.2) is 53.7 Å². The molecule has 4 rings (SSSR count). The summed E-state index contributed by atoms with van der Waals surface area (Å²) in [7, 11) is 0. The van der Waals surface area contributed by atoms with E-state index in [0.717, 1.165) is 30.5 Å². The summed E-state index contributed by atoms with van der Waals surface area (Å²) in [6.45, 7) is 2.25. The molecule has 2 aromatic carbocycles. The van der Waals surface area contributed by atoms with Gasteiger partial charge in [0.05, 0.1) is 28.4 Å². The van der Waals surface area contributed by atoms with Crippen molar-refractivity contribution in [2.75, 3.05) is 0 Å². The quantitative estimate of drug-likeness (QED) is 0.581. The summed E-state index contributed by atoms with van der Waals surface area (Å²) < 4.78 is 41.2. The number of hydrogen-bond acceptors (Lipinski definition) is 3. The number of imidazole rings is 1.